The minimum atomic E-state index is -3.70. The van der Waals surface area contributed by atoms with Gasteiger partial charge in [0, 0.05) is 26.2 Å². The van der Waals surface area contributed by atoms with Gasteiger partial charge in [0.2, 0.25) is 26.0 Å². The van der Waals surface area contributed by atoms with Crippen molar-refractivity contribution < 1.29 is 21.6 Å². The van der Waals surface area contributed by atoms with Crippen LogP contribution in [0.2, 0.25) is 0 Å². The summed E-state index contributed by atoms with van der Waals surface area (Å²) in [4.78, 5) is 14.2. The van der Waals surface area contributed by atoms with E-state index in [-0.39, 0.29) is 28.7 Å². The van der Waals surface area contributed by atoms with Gasteiger partial charge in [-0.1, -0.05) is 6.92 Å². The number of nitrogens with zero attached hydrogens (tertiary/aromatic N) is 3. The molecule has 0 N–H and O–H groups in total. The highest BCUT2D eigenvalue weighted by molar-refractivity contribution is 7.94. The van der Waals surface area contributed by atoms with Crippen LogP contribution < -0.4 is 4.31 Å². The zero-order valence-electron chi connectivity index (χ0n) is 14.5. The van der Waals surface area contributed by atoms with Crippen molar-refractivity contribution >= 4 is 44.0 Å². The first-order chi connectivity index (χ1) is 11.6. The van der Waals surface area contributed by atoms with E-state index in [2.05, 4.69) is 4.90 Å². The molecule has 1 amide bonds. The van der Waals surface area contributed by atoms with Crippen molar-refractivity contribution in [2.75, 3.05) is 43.3 Å². The summed E-state index contributed by atoms with van der Waals surface area (Å²) in [5.74, 6) is -1.32. The molecule has 8 nitrogen and oxygen atoms in total. The van der Waals surface area contributed by atoms with E-state index in [9.17, 15) is 21.6 Å². The lowest BCUT2D eigenvalue weighted by Crippen LogP contribution is -2.47. The first-order valence-electron chi connectivity index (χ1n) is 7.98. The molecule has 2 heterocycles. The van der Waals surface area contributed by atoms with E-state index >= 15 is 0 Å². The van der Waals surface area contributed by atoms with Crippen molar-refractivity contribution in [3.05, 3.63) is 24.3 Å². The van der Waals surface area contributed by atoms with E-state index in [0.29, 0.717) is 26.2 Å². The predicted molar refractivity (Wildman–Crippen MR) is 100 cm³/mol. The van der Waals surface area contributed by atoms with Crippen molar-refractivity contribution in [2.45, 2.75) is 11.8 Å². The average Bonchev–Trinajstić information content (AvgIpc) is 2.75. The predicted octanol–water partition coefficient (Wildman–Crippen LogP) is 0.357. The van der Waals surface area contributed by atoms with Crippen LogP contribution in [0.3, 0.4) is 0 Å². The minimum Gasteiger partial charge on any atom is -0.304 e. The molecule has 146 valence electrons. The van der Waals surface area contributed by atoms with E-state index in [0.717, 1.165) is 4.31 Å². The summed E-state index contributed by atoms with van der Waals surface area (Å²) in [5.41, 5.74) is 0.173. The van der Waals surface area contributed by atoms with Gasteiger partial charge in [0.15, 0.2) is 0 Å². The Bertz CT molecular complexity index is 878. The van der Waals surface area contributed by atoms with Gasteiger partial charge in [-0.25, -0.2) is 21.1 Å². The second-order valence-electron chi connectivity index (χ2n) is 6.48. The molecule has 0 radical (unpaired) electrons. The van der Waals surface area contributed by atoms with Gasteiger partial charge in [0.05, 0.1) is 22.3 Å². The molecule has 0 aromatic heterocycles. The molecule has 1 atom stereocenters. The Morgan fingerprint density at radius 1 is 1.04 bits per heavy atom. The SMILES string of the molecule is CC1CS(=O)(=O)N(c2ccc(S(=O)(=O)N3CCN(C)CC3)cc2)C1=O.Cl. The third-order valence-corrected chi connectivity index (χ3v) is 8.31. The number of likely N-dealkylation sites (N-methyl/N-ethyl adjacent to an activating group) is 1. The second-order valence-corrected chi connectivity index (χ2v) is 10.3. The first kappa shape index (κ1) is 21.1. The lowest BCUT2D eigenvalue weighted by Gasteiger charge is -2.31. The Balaban J connectivity index is 0.00000243. The third kappa shape index (κ3) is 3.74. The van der Waals surface area contributed by atoms with Gasteiger partial charge in [-0.15, -0.1) is 12.4 Å². The quantitative estimate of drug-likeness (QED) is 0.696. The summed E-state index contributed by atoms with van der Waals surface area (Å²) in [7, 11) is -5.38. The number of amides is 1. The molecular formula is C15H22ClN3O5S2. The van der Waals surface area contributed by atoms with E-state index in [1.165, 1.54) is 28.6 Å². The van der Waals surface area contributed by atoms with Gasteiger partial charge in [-0.05, 0) is 31.3 Å². The summed E-state index contributed by atoms with van der Waals surface area (Å²) in [6.07, 6.45) is 0. The number of halogens is 1. The lowest BCUT2D eigenvalue weighted by atomic mass is 10.2. The number of carbonyl (C=O) groups excluding carboxylic acids is 1. The number of piperazine rings is 1. The Labute approximate surface area is 160 Å². The molecule has 3 rings (SSSR count). The van der Waals surface area contributed by atoms with E-state index in [1.54, 1.807) is 6.92 Å². The number of benzene rings is 1. The van der Waals surface area contributed by atoms with Gasteiger partial charge in [0.1, 0.15) is 0 Å². The van der Waals surface area contributed by atoms with Crippen molar-refractivity contribution in [1.82, 2.24) is 9.21 Å². The monoisotopic (exact) mass is 423 g/mol. The molecule has 0 saturated carbocycles. The van der Waals surface area contributed by atoms with Gasteiger partial charge in [-0.3, -0.25) is 4.79 Å². The number of hydrogen-bond acceptors (Lipinski definition) is 6. The van der Waals surface area contributed by atoms with Crippen LogP contribution in [-0.4, -0.2) is 70.9 Å². The molecular weight excluding hydrogens is 402 g/mol. The van der Waals surface area contributed by atoms with Crippen LogP contribution in [0, 0.1) is 5.92 Å². The van der Waals surface area contributed by atoms with Gasteiger partial charge in [-0.2, -0.15) is 4.31 Å². The fraction of sp³-hybridized carbons (Fsp3) is 0.533. The Morgan fingerprint density at radius 2 is 1.58 bits per heavy atom. The van der Waals surface area contributed by atoms with E-state index in [1.807, 2.05) is 7.05 Å². The largest absolute Gasteiger partial charge is 0.304 e. The topological polar surface area (TPSA) is 95.1 Å². The molecule has 26 heavy (non-hydrogen) atoms. The molecule has 11 heteroatoms. The Hall–Kier alpha value is -1.20. The molecule has 1 aromatic rings. The van der Waals surface area contributed by atoms with Crippen LogP contribution in [0.25, 0.3) is 0 Å². The third-order valence-electron chi connectivity index (χ3n) is 4.53. The summed E-state index contributed by atoms with van der Waals surface area (Å²) in [5, 5.41) is 0. The first-order valence-corrected chi connectivity index (χ1v) is 11.0. The van der Waals surface area contributed by atoms with Crippen LogP contribution in [0.1, 0.15) is 6.92 Å². The molecule has 2 saturated heterocycles. The fourth-order valence-electron chi connectivity index (χ4n) is 3.02. The van der Waals surface area contributed by atoms with Crippen molar-refractivity contribution in [2.24, 2.45) is 5.92 Å². The van der Waals surface area contributed by atoms with E-state index < -0.39 is 31.9 Å². The van der Waals surface area contributed by atoms with E-state index in [4.69, 9.17) is 0 Å². The molecule has 0 spiro atoms. The van der Waals surface area contributed by atoms with Crippen LogP contribution in [-0.2, 0) is 24.8 Å². The van der Waals surface area contributed by atoms with Crippen molar-refractivity contribution in [3.8, 4) is 0 Å². The summed E-state index contributed by atoms with van der Waals surface area (Å²) in [6.45, 7) is 3.71. The molecule has 2 aliphatic rings. The molecule has 2 aliphatic heterocycles. The summed E-state index contributed by atoms with van der Waals surface area (Å²) >= 11 is 0. The van der Waals surface area contributed by atoms with Crippen molar-refractivity contribution in [3.63, 3.8) is 0 Å². The lowest BCUT2D eigenvalue weighted by molar-refractivity contribution is -0.119. The maximum absolute atomic E-state index is 12.7. The van der Waals surface area contributed by atoms with Crippen LogP contribution in [0.4, 0.5) is 5.69 Å². The van der Waals surface area contributed by atoms with Crippen molar-refractivity contribution in [1.29, 1.82) is 0 Å². The highest BCUT2D eigenvalue weighted by atomic mass is 35.5. The minimum absolute atomic E-state index is 0. The standard InChI is InChI=1S/C15H21N3O5S2.ClH/c1-12-11-24(20,21)18(15(12)19)13-3-5-14(6-4-13)25(22,23)17-9-7-16(2)8-10-17;/h3-6,12H,7-11H2,1-2H3;1H. The molecule has 1 aromatic carbocycles. The molecule has 1 unspecified atom stereocenters. The maximum Gasteiger partial charge on any atom is 0.244 e. The van der Waals surface area contributed by atoms with Gasteiger partial charge >= 0.3 is 0 Å². The molecule has 2 fully saturated rings. The molecule has 0 aliphatic carbocycles. The number of anilines is 1. The number of rotatable bonds is 3. The smallest absolute Gasteiger partial charge is 0.244 e. The van der Waals surface area contributed by atoms with Crippen LogP contribution in [0.15, 0.2) is 29.2 Å². The fourth-order valence-corrected chi connectivity index (χ4v) is 6.26. The second kappa shape index (κ2) is 7.43. The van der Waals surface area contributed by atoms with Crippen LogP contribution >= 0.6 is 12.4 Å². The van der Waals surface area contributed by atoms with Gasteiger partial charge < -0.3 is 4.90 Å². The van der Waals surface area contributed by atoms with Crippen LogP contribution in [0.5, 0.6) is 0 Å². The highest BCUT2D eigenvalue weighted by Gasteiger charge is 2.42. The highest BCUT2D eigenvalue weighted by Crippen LogP contribution is 2.29. The zero-order chi connectivity index (χ0) is 18.4. The summed E-state index contributed by atoms with van der Waals surface area (Å²) < 4.78 is 51.8. The van der Waals surface area contributed by atoms with Gasteiger partial charge in [0.25, 0.3) is 0 Å². The average molecular weight is 424 g/mol. The normalized spacial score (nSPS) is 24.5. The Kier molecular flexibility index (Phi) is 6.03. The maximum atomic E-state index is 12.7. The number of carbonyl (C=O) groups is 1. The zero-order valence-corrected chi connectivity index (χ0v) is 17.0. The number of sulfonamides is 2. The molecule has 0 bridgehead atoms. The summed E-state index contributed by atoms with van der Waals surface area (Å²) in [6, 6.07) is 5.45. The number of hydrogen-bond donors (Lipinski definition) is 0. The Morgan fingerprint density at radius 3 is 2.04 bits per heavy atom.